The maximum atomic E-state index is 11.3. The standard InChI is InChI=1S/C15H11NO4/c17-15(18)13(11-6-2-1-3-7-11)10-12-8-4-5-9-14(12)16(19)20/h1-10H,(H,17,18)/b13-10-. The van der Waals surface area contributed by atoms with E-state index >= 15 is 0 Å². The van der Waals surface area contributed by atoms with E-state index in [4.69, 9.17) is 0 Å². The fourth-order valence-corrected chi connectivity index (χ4v) is 1.82. The van der Waals surface area contributed by atoms with Gasteiger partial charge in [0.2, 0.25) is 0 Å². The molecule has 0 heterocycles. The lowest BCUT2D eigenvalue weighted by atomic mass is 10.0. The van der Waals surface area contributed by atoms with Crippen LogP contribution < -0.4 is 0 Å². The van der Waals surface area contributed by atoms with Crippen LogP contribution in [0.3, 0.4) is 0 Å². The number of carbonyl (C=O) groups is 1. The van der Waals surface area contributed by atoms with Crippen LogP contribution in [-0.4, -0.2) is 16.0 Å². The second kappa shape index (κ2) is 5.79. The highest BCUT2D eigenvalue weighted by atomic mass is 16.6. The van der Waals surface area contributed by atoms with Crippen molar-refractivity contribution >= 4 is 23.3 Å². The molecule has 0 atom stereocenters. The number of nitro groups is 1. The van der Waals surface area contributed by atoms with Gasteiger partial charge in [-0.1, -0.05) is 42.5 Å². The van der Waals surface area contributed by atoms with Gasteiger partial charge in [0.1, 0.15) is 0 Å². The Kier molecular flexibility index (Phi) is 3.91. The third-order valence-electron chi connectivity index (χ3n) is 2.75. The van der Waals surface area contributed by atoms with Crippen LogP contribution in [0.25, 0.3) is 11.6 Å². The summed E-state index contributed by atoms with van der Waals surface area (Å²) in [5.41, 5.74) is 0.652. The zero-order valence-corrected chi connectivity index (χ0v) is 10.4. The molecule has 0 saturated heterocycles. The monoisotopic (exact) mass is 269 g/mol. The Bertz CT molecular complexity index is 677. The topological polar surface area (TPSA) is 80.4 Å². The Labute approximate surface area is 115 Å². The normalized spacial score (nSPS) is 11.1. The summed E-state index contributed by atoms with van der Waals surface area (Å²) in [6, 6.07) is 14.5. The van der Waals surface area contributed by atoms with Gasteiger partial charge in [0, 0.05) is 6.07 Å². The zero-order chi connectivity index (χ0) is 14.5. The van der Waals surface area contributed by atoms with Crippen molar-refractivity contribution in [2.75, 3.05) is 0 Å². The molecule has 2 aromatic carbocycles. The Morgan fingerprint density at radius 3 is 2.25 bits per heavy atom. The first-order valence-corrected chi connectivity index (χ1v) is 5.83. The zero-order valence-electron chi connectivity index (χ0n) is 10.4. The van der Waals surface area contributed by atoms with Crippen molar-refractivity contribution < 1.29 is 14.8 Å². The van der Waals surface area contributed by atoms with Gasteiger partial charge in [0.15, 0.2) is 0 Å². The Morgan fingerprint density at radius 1 is 1.05 bits per heavy atom. The van der Waals surface area contributed by atoms with Crippen molar-refractivity contribution in [3.63, 3.8) is 0 Å². The molecule has 0 aliphatic rings. The van der Waals surface area contributed by atoms with Crippen LogP contribution in [-0.2, 0) is 4.79 Å². The number of aliphatic carboxylic acids is 1. The summed E-state index contributed by atoms with van der Waals surface area (Å²) in [6.07, 6.45) is 1.32. The van der Waals surface area contributed by atoms with E-state index in [1.807, 2.05) is 0 Å². The summed E-state index contributed by atoms with van der Waals surface area (Å²) in [7, 11) is 0. The van der Waals surface area contributed by atoms with E-state index in [0.717, 1.165) is 0 Å². The molecule has 20 heavy (non-hydrogen) atoms. The minimum absolute atomic E-state index is 0.0138. The first-order chi connectivity index (χ1) is 9.59. The number of rotatable bonds is 4. The largest absolute Gasteiger partial charge is 0.478 e. The van der Waals surface area contributed by atoms with Crippen LogP contribution in [0.1, 0.15) is 11.1 Å². The molecule has 0 radical (unpaired) electrons. The number of nitro benzene ring substituents is 1. The number of hydrogen-bond donors (Lipinski definition) is 1. The van der Waals surface area contributed by atoms with Gasteiger partial charge in [-0.05, 0) is 17.7 Å². The molecule has 1 N–H and O–H groups in total. The number of para-hydroxylation sites is 1. The molecule has 2 aromatic rings. The summed E-state index contributed by atoms with van der Waals surface area (Å²) in [6.45, 7) is 0. The summed E-state index contributed by atoms with van der Waals surface area (Å²) < 4.78 is 0. The van der Waals surface area contributed by atoms with Crippen LogP contribution >= 0.6 is 0 Å². The molecule has 0 fully saturated rings. The fraction of sp³-hybridized carbons (Fsp3) is 0. The molecular weight excluding hydrogens is 258 g/mol. The third-order valence-corrected chi connectivity index (χ3v) is 2.75. The van der Waals surface area contributed by atoms with E-state index in [1.165, 1.54) is 18.2 Å². The Balaban J connectivity index is 2.56. The van der Waals surface area contributed by atoms with E-state index in [2.05, 4.69) is 0 Å². The maximum absolute atomic E-state index is 11.3. The Morgan fingerprint density at radius 2 is 1.65 bits per heavy atom. The Hall–Kier alpha value is -2.95. The highest BCUT2D eigenvalue weighted by Crippen LogP contribution is 2.24. The molecule has 0 bridgehead atoms. The molecule has 5 heteroatoms. The van der Waals surface area contributed by atoms with Crippen molar-refractivity contribution in [1.29, 1.82) is 0 Å². The highest BCUT2D eigenvalue weighted by Gasteiger charge is 2.15. The van der Waals surface area contributed by atoms with Gasteiger partial charge in [-0.3, -0.25) is 10.1 Å². The highest BCUT2D eigenvalue weighted by molar-refractivity contribution is 6.20. The molecule has 5 nitrogen and oxygen atoms in total. The molecule has 0 unspecified atom stereocenters. The van der Waals surface area contributed by atoms with Crippen LogP contribution in [0.5, 0.6) is 0 Å². The molecule has 0 spiro atoms. The van der Waals surface area contributed by atoms with Gasteiger partial charge in [-0.2, -0.15) is 0 Å². The summed E-state index contributed by atoms with van der Waals surface area (Å²) in [5.74, 6) is -1.13. The van der Waals surface area contributed by atoms with Gasteiger partial charge >= 0.3 is 5.97 Å². The first kappa shape index (κ1) is 13.5. The van der Waals surface area contributed by atoms with Crippen molar-refractivity contribution in [2.45, 2.75) is 0 Å². The molecule has 2 rings (SSSR count). The molecule has 0 aliphatic heterocycles. The second-order valence-electron chi connectivity index (χ2n) is 4.05. The van der Waals surface area contributed by atoms with Crippen molar-refractivity contribution in [1.82, 2.24) is 0 Å². The lowest BCUT2D eigenvalue weighted by Gasteiger charge is -2.03. The van der Waals surface area contributed by atoms with E-state index in [1.54, 1.807) is 42.5 Å². The van der Waals surface area contributed by atoms with Gasteiger partial charge in [-0.25, -0.2) is 4.79 Å². The number of carboxylic acids is 1. The van der Waals surface area contributed by atoms with Crippen molar-refractivity contribution in [2.24, 2.45) is 0 Å². The average molecular weight is 269 g/mol. The molecule has 100 valence electrons. The number of benzene rings is 2. The molecule has 0 amide bonds. The van der Waals surface area contributed by atoms with Crippen LogP contribution in [0.4, 0.5) is 5.69 Å². The van der Waals surface area contributed by atoms with Gasteiger partial charge in [0.05, 0.1) is 16.1 Å². The van der Waals surface area contributed by atoms with Crippen LogP contribution in [0, 0.1) is 10.1 Å². The van der Waals surface area contributed by atoms with Gasteiger partial charge in [0.25, 0.3) is 5.69 Å². The van der Waals surface area contributed by atoms with Gasteiger partial charge in [-0.15, -0.1) is 0 Å². The van der Waals surface area contributed by atoms with E-state index < -0.39 is 10.9 Å². The SMILES string of the molecule is O=C(O)/C(=C\c1ccccc1[N+](=O)[O-])c1ccccc1. The summed E-state index contributed by atoms with van der Waals surface area (Å²) in [4.78, 5) is 21.8. The lowest BCUT2D eigenvalue weighted by molar-refractivity contribution is -0.385. The van der Waals surface area contributed by atoms with Crippen molar-refractivity contribution in [3.8, 4) is 0 Å². The second-order valence-corrected chi connectivity index (χ2v) is 4.05. The first-order valence-electron chi connectivity index (χ1n) is 5.83. The predicted octanol–water partition coefficient (Wildman–Crippen LogP) is 3.22. The minimum atomic E-state index is -1.13. The van der Waals surface area contributed by atoms with Crippen LogP contribution in [0.2, 0.25) is 0 Å². The quantitative estimate of drug-likeness (QED) is 0.400. The van der Waals surface area contributed by atoms with E-state index in [-0.39, 0.29) is 16.8 Å². The van der Waals surface area contributed by atoms with Gasteiger partial charge < -0.3 is 5.11 Å². The minimum Gasteiger partial charge on any atom is -0.478 e. The smallest absolute Gasteiger partial charge is 0.336 e. The number of carboxylic acid groups (broad SMARTS) is 1. The van der Waals surface area contributed by atoms with E-state index in [0.29, 0.717) is 5.56 Å². The van der Waals surface area contributed by atoms with E-state index in [9.17, 15) is 20.0 Å². The summed E-state index contributed by atoms with van der Waals surface area (Å²) in [5, 5.41) is 20.2. The molecular formula is C15H11NO4. The molecule has 0 aromatic heterocycles. The molecule has 0 aliphatic carbocycles. The maximum Gasteiger partial charge on any atom is 0.336 e. The van der Waals surface area contributed by atoms with Crippen molar-refractivity contribution in [3.05, 3.63) is 75.8 Å². The number of hydrogen-bond acceptors (Lipinski definition) is 3. The third kappa shape index (κ3) is 2.89. The van der Waals surface area contributed by atoms with Crippen LogP contribution in [0.15, 0.2) is 54.6 Å². The average Bonchev–Trinajstić information content (AvgIpc) is 2.45. The fourth-order valence-electron chi connectivity index (χ4n) is 1.82. The number of nitrogens with zero attached hydrogens (tertiary/aromatic N) is 1. The predicted molar refractivity (Wildman–Crippen MR) is 75.0 cm³/mol. The molecule has 0 saturated carbocycles. The summed E-state index contributed by atoms with van der Waals surface area (Å²) >= 11 is 0. The lowest BCUT2D eigenvalue weighted by Crippen LogP contribution is -2.00.